The first-order chi connectivity index (χ1) is 7.63. The van der Waals surface area contributed by atoms with E-state index in [2.05, 4.69) is 15.3 Å². The lowest BCUT2D eigenvalue weighted by atomic mass is 10.3. The summed E-state index contributed by atoms with van der Waals surface area (Å²) in [6.07, 6.45) is 0. The quantitative estimate of drug-likeness (QED) is 0.747. The molecule has 1 aromatic heterocycles. The minimum atomic E-state index is -0.302. The maximum Gasteiger partial charge on any atom is 0.233 e. The van der Waals surface area contributed by atoms with E-state index in [4.69, 9.17) is 21.8 Å². The van der Waals surface area contributed by atoms with Crippen molar-refractivity contribution in [2.24, 2.45) is 0 Å². The van der Waals surface area contributed by atoms with Crippen LogP contribution in [0.4, 0.5) is 11.6 Å². The van der Waals surface area contributed by atoms with Crippen LogP contribution in [0.1, 0.15) is 0 Å². The van der Waals surface area contributed by atoms with Gasteiger partial charge in [-0.1, -0.05) is 11.6 Å². The molecule has 2 aromatic rings. The molecular weight excluding hydrogens is 230 g/mol. The van der Waals surface area contributed by atoms with E-state index in [1.165, 1.54) is 0 Å². The van der Waals surface area contributed by atoms with E-state index in [0.29, 0.717) is 10.7 Å². The zero-order chi connectivity index (χ0) is 11.5. The predicted molar refractivity (Wildman–Crippen MR) is 60.1 cm³/mol. The number of rotatable bonds is 2. The summed E-state index contributed by atoms with van der Waals surface area (Å²) in [5, 5.41) is 21.7. The van der Waals surface area contributed by atoms with E-state index in [9.17, 15) is 0 Å². The molecule has 0 aliphatic rings. The van der Waals surface area contributed by atoms with Crippen molar-refractivity contribution in [1.82, 2.24) is 9.97 Å². The fourth-order valence-corrected chi connectivity index (χ4v) is 1.27. The van der Waals surface area contributed by atoms with Gasteiger partial charge in [0, 0.05) is 10.7 Å². The van der Waals surface area contributed by atoms with Crippen LogP contribution >= 0.6 is 11.6 Å². The Morgan fingerprint density at radius 2 is 1.56 bits per heavy atom. The van der Waals surface area contributed by atoms with Gasteiger partial charge in [0.25, 0.3) is 0 Å². The highest BCUT2D eigenvalue weighted by molar-refractivity contribution is 6.30. The van der Waals surface area contributed by atoms with Crippen molar-refractivity contribution >= 4 is 23.2 Å². The van der Waals surface area contributed by atoms with Crippen LogP contribution in [-0.2, 0) is 0 Å². The minimum absolute atomic E-state index is 0.111. The zero-order valence-corrected chi connectivity index (χ0v) is 8.81. The number of hydrogen-bond donors (Lipinski definition) is 3. The van der Waals surface area contributed by atoms with Crippen LogP contribution < -0.4 is 5.32 Å². The third-order valence-corrected chi connectivity index (χ3v) is 2.05. The Labute approximate surface area is 96.4 Å². The highest BCUT2D eigenvalue weighted by Crippen LogP contribution is 2.20. The summed E-state index contributed by atoms with van der Waals surface area (Å²) in [4.78, 5) is 7.38. The molecule has 0 amide bonds. The smallest absolute Gasteiger partial charge is 0.233 e. The van der Waals surface area contributed by atoms with E-state index < -0.39 is 0 Å². The van der Waals surface area contributed by atoms with Gasteiger partial charge >= 0.3 is 0 Å². The highest BCUT2D eigenvalue weighted by Gasteiger charge is 2.02. The van der Waals surface area contributed by atoms with Gasteiger partial charge in [-0.3, -0.25) is 0 Å². The number of halogens is 1. The molecule has 3 N–H and O–H groups in total. The van der Waals surface area contributed by atoms with Crippen LogP contribution in [-0.4, -0.2) is 20.2 Å². The van der Waals surface area contributed by atoms with Crippen molar-refractivity contribution in [3.63, 3.8) is 0 Å². The average Bonchev–Trinajstić information content (AvgIpc) is 2.20. The molecule has 0 unspecified atom stereocenters. The fourth-order valence-electron chi connectivity index (χ4n) is 1.14. The summed E-state index contributed by atoms with van der Waals surface area (Å²) in [5.41, 5.74) is 0.703. The molecule has 0 atom stereocenters. The number of anilines is 2. The van der Waals surface area contributed by atoms with Crippen molar-refractivity contribution < 1.29 is 10.2 Å². The topological polar surface area (TPSA) is 78.3 Å². The first-order valence-corrected chi connectivity index (χ1v) is 4.81. The lowest BCUT2D eigenvalue weighted by molar-refractivity contribution is 0.423. The van der Waals surface area contributed by atoms with E-state index in [-0.39, 0.29) is 17.7 Å². The van der Waals surface area contributed by atoms with Crippen LogP contribution in [0.2, 0.25) is 5.02 Å². The van der Waals surface area contributed by atoms with Gasteiger partial charge in [-0.15, -0.1) is 0 Å². The Hall–Kier alpha value is -2.01. The average molecular weight is 238 g/mol. The van der Waals surface area contributed by atoms with Crippen molar-refractivity contribution in [2.45, 2.75) is 0 Å². The molecule has 5 nitrogen and oxygen atoms in total. The molecule has 16 heavy (non-hydrogen) atoms. The molecule has 6 heteroatoms. The number of hydrogen-bond acceptors (Lipinski definition) is 5. The van der Waals surface area contributed by atoms with Crippen molar-refractivity contribution in [3.8, 4) is 11.8 Å². The molecule has 0 aliphatic carbocycles. The van der Waals surface area contributed by atoms with Crippen LogP contribution in [0.25, 0.3) is 0 Å². The van der Waals surface area contributed by atoms with Gasteiger partial charge in [-0.2, -0.15) is 9.97 Å². The number of nitrogens with one attached hydrogen (secondary N) is 1. The molecule has 0 saturated carbocycles. The molecule has 0 bridgehead atoms. The SMILES string of the molecule is Oc1cc(O)nc(Nc2ccc(Cl)cc2)n1. The molecular formula is C10H8ClN3O2. The normalized spacial score (nSPS) is 10.1. The molecule has 2 rings (SSSR count). The molecule has 0 saturated heterocycles. The van der Waals surface area contributed by atoms with Crippen LogP contribution in [0.3, 0.4) is 0 Å². The second-order valence-electron chi connectivity index (χ2n) is 3.04. The Morgan fingerprint density at radius 3 is 2.12 bits per heavy atom. The van der Waals surface area contributed by atoms with Crippen LogP contribution in [0, 0.1) is 0 Å². The largest absolute Gasteiger partial charge is 0.493 e. The predicted octanol–water partition coefficient (Wildman–Crippen LogP) is 2.28. The lowest BCUT2D eigenvalue weighted by Crippen LogP contribution is -1.96. The van der Waals surface area contributed by atoms with Crippen LogP contribution in [0.5, 0.6) is 11.8 Å². The summed E-state index contributed by atoms with van der Waals surface area (Å²) in [7, 11) is 0. The summed E-state index contributed by atoms with van der Waals surface area (Å²) in [5.74, 6) is -0.493. The van der Waals surface area contributed by atoms with E-state index >= 15 is 0 Å². The summed E-state index contributed by atoms with van der Waals surface area (Å²) >= 11 is 5.73. The van der Waals surface area contributed by atoms with Gasteiger partial charge in [0.15, 0.2) is 0 Å². The summed E-state index contributed by atoms with van der Waals surface area (Å²) in [6.45, 7) is 0. The molecule has 0 fully saturated rings. The monoisotopic (exact) mass is 237 g/mol. The summed E-state index contributed by atoms with van der Waals surface area (Å²) < 4.78 is 0. The maximum absolute atomic E-state index is 9.14. The van der Waals surface area contributed by atoms with E-state index in [1.54, 1.807) is 24.3 Å². The number of aromatic nitrogens is 2. The molecule has 82 valence electrons. The minimum Gasteiger partial charge on any atom is -0.493 e. The first-order valence-electron chi connectivity index (χ1n) is 4.43. The summed E-state index contributed by atoms with van der Waals surface area (Å²) in [6, 6.07) is 7.91. The van der Waals surface area contributed by atoms with Crippen molar-refractivity contribution in [2.75, 3.05) is 5.32 Å². The third-order valence-electron chi connectivity index (χ3n) is 1.80. The van der Waals surface area contributed by atoms with Crippen molar-refractivity contribution in [3.05, 3.63) is 35.4 Å². The lowest BCUT2D eigenvalue weighted by Gasteiger charge is -2.04. The van der Waals surface area contributed by atoms with Gasteiger partial charge < -0.3 is 15.5 Å². The first kappa shape index (κ1) is 10.5. The molecule has 0 aliphatic heterocycles. The Kier molecular flexibility index (Phi) is 2.78. The second kappa shape index (κ2) is 4.24. The zero-order valence-electron chi connectivity index (χ0n) is 8.05. The van der Waals surface area contributed by atoms with Gasteiger partial charge in [0.05, 0.1) is 6.07 Å². The molecule has 1 aromatic carbocycles. The van der Waals surface area contributed by atoms with Gasteiger partial charge in [-0.25, -0.2) is 0 Å². The second-order valence-corrected chi connectivity index (χ2v) is 3.48. The third kappa shape index (κ3) is 2.52. The fraction of sp³-hybridized carbons (Fsp3) is 0. The van der Waals surface area contributed by atoms with Crippen molar-refractivity contribution in [1.29, 1.82) is 0 Å². The molecule has 0 radical (unpaired) electrons. The molecule has 1 heterocycles. The Bertz CT molecular complexity index is 482. The van der Waals surface area contributed by atoms with Gasteiger partial charge in [0.2, 0.25) is 17.7 Å². The number of aromatic hydroxyl groups is 2. The van der Waals surface area contributed by atoms with Crippen LogP contribution in [0.15, 0.2) is 30.3 Å². The van der Waals surface area contributed by atoms with E-state index in [0.717, 1.165) is 6.07 Å². The van der Waals surface area contributed by atoms with Gasteiger partial charge in [-0.05, 0) is 24.3 Å². The highest BCUT2D eigenvalue weighted by atomic mass is 35.5. The Morgan fingerprint density at radius 1 is 1.00 bits per heavy atom. The standard InChI is InChI=1S/C10H8ClN3O2/c11-6-1-3-7(4-2-6)12-10-13-8(15)5-9(16)14-10/h1-5H,(H3,12,13,14,15,16). The number of nitrogens with zero attached hydrogens (tertiary/aromatic N) is 2. The maximum atomic E-state index is 9.14. The Balaban J connectivity index is 2.23. The molecule has 0 spiro atoms. The van der Waals surface area contributed by atoms with Gasteiger partial charge in [0.1, 0.15) is 0 Å². The number of benzene rings is 1. The van der Waals surface area contributed by atoms with E-state index in [1.807, 2.05) is 0 Å².